The van der Waals surface area contributed by atoms with Gasteiger partial charge in [-0.15, -0.1) is 0 Å². The summed E-state index contributed by atoms with van der Waals surface area (Å²) in [6.07, 6.45) is 1.57. The lowest BCUT2D eigenvalue weighted by atomic mass is 10.1. The molecule has 0 spiro atoms. The molecule has 0 aliphatic carbocycles. The second-order valence-corrected chi connectivity index (χ2v) is 3.93. The van der Waals surface area contributed by atoms with Crippen molar-refractivity contribution < 1.29 is 4.79 Å². The van der Waals surface area contributed by atoms with Crippen LogP contribution in [0, 0.1) is 11.3 Å². The molecule has 0 unspecified atom stereocenters. The number of nitriles is 1. The van der Waals surface area contributed by atoms with Gasteiger partial charge in [-0.2, -0.15) is 5.26 Å². The molecule has 1 amide bonds. The molecular formula is C13H17N3O. The molecule has 1 atom stereocenters. The first-order valence-electron chi connectivity index (χ1n) is 5.69. The van der Waals surface area contributed by atoms with Gasteiger partial charge in [-0.3, -0.25) is 4.79 Å². The molecule has 0 heterocycles. The van der Waals surface area contributed by atoms with Crippen molar-refractivity contribution in [2.45, 2.75) is 32.4 Å². The molecular weight excluding hydrogens is 214 g/mol. The van der Waals surface area contributed by atoms with Crippen molar-refractivity contribution in [3.63, 3.8) is 0 Å². The highest BCUT2D eigenvalue weighted by Gasteiger charge is 2.11. The Morgan fingerprint density at radius 2 is 2.35 bits per heavy atom. The molecule has 0 aliphatic heterocycles. The maximum absolute atomic E-state index is 11.6. The van der Waals surface area contributed by atoms with Crippen molar-refractivity contribution in [3.8, 4) is 6.07 Å². The van der Waals surface area contributed by atoms with Gasteiger partial charge in [0.05, 0.1) is 17.7 Å². The van der Waals surface area contributed by atoms with Crippen molar-refractivity contribution in [1.29, 1.82) is 5.26 Å². The summed E-state index contributed by atoms with van der Waals surface area (Å²) in [5.74, 6) is -0.144. The molecule has 0 aromatic heterocycles. The average molecular weight is 231 g/mol. The number of amides is 1. The smallest absolute Gasteiger partial charge is 0.237 e. The Kier molecular flexibility index (Phi) is 5.18. The Morgan fingerprint density at radius 3 is 3.00 bits per heavy atom. The zero-order chi connectivity index (χ0) is 12.7. The van der Waals surface area contributed by atoms with Gasteiger partial charge in [-0.25, -0.2) is 0 Å². The Morgan fingerprint density at radius 1 is 1.59 bits per heavy atom. The number of nitrogens with two attached hydrogens (primary N) is 1. The van der Waals surface area contributed by atoms with E-state index >= 15 is 0 Å². The SMILES string of the molecule is CCC[C@H](N)C(=O)NCc1cccc(C#N)c1. The highest BCUT2D eigenvalue weighted by molar-refractivity contribution is 5.81. The van der Waals surface area contributed by atoms with Gasteiger partial charge in [0.15, 0.2) is 0 Å². The predicted molar refractivity (Wildman–Crippen MR) is 65.9 cm³/mol. The van der Waals surface area contributed by atoms with Crippen LogP contribution in [0.1, 0.15) is 30.9 Å². The van der Waals surface area contributed by atoms with Crippen molar-refractivity contribution in [2.75, 3.05) is 0 Å². The van der Waals surface area contributed by atoms with Crippen LogP contribution in [0.25, 0.3) is 0 Å². The molecule has 0 saturated carbocycles. The lowest BCUT2D eigenvalue weighted by molar-refractivity contribution is -0.122. The quantitative estimate of drug-likeness (QED) is 0.801. The van der Waals surface area contributed by atoms with E-state index in [2.05, 4.69) is 11.4 Å². The Balaban J connectivity index is 2.50. The summed E-state index contributed by atoms with van der Waals surface area (Å²) in [7, 11) is 0. The van der Waals surface area contributed by atoms with Gasteiger partial charge >= 0.3 is 0 Å². The summed E-state index contributed by atoms with van der Waals surface area (Å²) >= 11 is 0. The fourth-order valence-electron chi connectivity index (χ4n) is 1.51. The Bertz CT molecular complexity index is 423. The molecule has 17 heavy (non-hydrogen) atoms. The van der Waals surface area contributed by atoms with Gasteiger partial charge in [0.2, 0.25) is 5.91 Å². The summed E-state index contributed by atoms with van der Waals surface area (Å²) < 4.78 is 0. The van der Waals surface area contributed by atoms with E-state index in [1.807, 2.05) is 13.0 Å². The summed E-state index contributed by atoms with van der Waals surface area (Å²) in [5.41, 5.74) is 7.18. The molecule has 4 nitrogen and oxygen atoms in total. The molecule has 0 saturated heterocycles. The number of rotatable bonds is 5. The first kappa shape index (κ1) is 13.2. The lowest BCUT2D eigenvalue weighted by Gasteiger charge is -2.11. The molecule has 0 aliphatic rings. The molecule has 0 bridgehead atoms. The van der Waals surface area contributed by atoms with E-state index in [-0.39, 0.29) is 5.91 Å². The highest BCUT2D eigenvalue weighted by Crippen LogP contribution is 2.04. The summed E-state index contributed by atoms with van der Waals surface area (Å²) in [6.45, 7) is 2.40. The Hall–Kier alpha value is -1.86. The Labute approximate surface area is 101 Å². The normalized spacial score (nSPS) is 11.6. The minimum Gasteiger partial charge on any atom is -0.351 e. The van der Waals surface area contributed by atoms with Crippen LogP contribution in [-0.2, 0) is 11.3 Å². The van der Waals surface area contributed by atoms with E-state index in [4.69, 9.17) is 11.0 Å². The summed E-state index contributed by atoms with van der Waals surface area (Å²) in [6, 6.07) is 8.77. The van der Waals surface area contributed by atoms with E-state index in [0.29, 0.717) is 18.5 Å². The van der Waals surface area contributed by atoms with Gasteiger partial charge in [0, 0.05) is 6.54 Å². The second-order valence-electron chi connectivity index (χ2n) is 3.93. The van der Waals surface area contributed by atoms with Crippen molar-refractivity contribution in [2.24, 2.45) is 5.73 Å². The molecule has 3 N–H and O–H groups in total. The van der Waals surface area contributed by atoms with Crippen molar-refractivity contribution in [3.05, 3.63) is 35.4 Å². The van der Waals surface area contributed by atoms with Crippen LogP contribution in [0.4, 0.5) is 0 Å². The number of benzene rings is 1. The fraction of sp³-hybridized carbons (Fsp3) is 0.385. The minimum atomic E-state index is -0.445. The fourth-order valence-corrected chi connectivity index (χ4v) is 1.51. The van der Waals surface area contributed by atoms with Crippen LogP contribution in [0.3, 0.4) is 0 Å². The first-order chi connectivity index (χ1) is 8.17. The van der Waals surface area contributed by atoms with Gasteiger partial charge in [-0.1, -0.05) is 25.5 Å². The largest absolute Gasteiger partial charge is 0.351 e. The molecule has 0 fully saturated rings. The number of carbonyl (C=O) groups excluding carboxylic acids is 1. The van der Waals surface area contributed by atoms with E-state index in [1.54, 1.807) is 18.2 Å². The zero-order valence-corrected chi connectivity index (χ0v) is 9.94. The maximum atomic E-state index is 11.6. The minimum absolute atomic E-state index is 0.144. The maximum Gasteiger partial charge on any atom is 0.237 e. The molecule has 90 valence electrons. The highest BCUT2D eigenvalue weighted by atomic mass is 16.2. The van der Waals surface area contributed by atoms with Crippen LogP contribution in [0.15, 0.2) is 24.3 Å². The summed E-state index contributed by atoms with van der Waals surface area (Å²) in [5, 5.41) is 11.5. The third-order valence-corrected chi connectivity index (χ3v) is 2.46. The number of nitrogens with one attached hydrogen (secondary N) is 1. The van der Waals surface area contributed by atoms with Crippen LogP contribution in [0.2, 0.25) is 0 Å². The van der Waals surface area contributed by atoms with E-state index in [1.165, 1.54) is 0 Å². The molecule has 0 radical (unpaired) electrons. The zero-order valence-electron chi connectivity index (χ0n) is 9.94. The molecule has 4 heteroatoms. The number of carbonyl (C=O) groups is 1. The molecule has 1 aromatic carbocycles. The number of hydrogen-bond donors (Lipinski definition) is 2. The van der Waals surface area contributed by atoms with E-state index in [0.717, 1.165) is 12.0 Å². The third kappa shape index (κ3) is 4.25. The molecule has 1 aromatic rings. The third-order valence-electron chi connectivity index (χ3n) is 2.46. The first-order valence-corrected chi connectivity index (χ1v) is 5.69. The number of hydrogen-bond acceptors (Lipinski definition) is 3. The standard InChI is InChI=1S/C13H17N3O/c1-2-4-12(15)13(17)16-9-11-6-3-5-10(7-11)8-14/h3,5-7,12H,2,4,9,15H2,1H3,(H,16,17)/t12-/m0/s1. The van der Waals surface area contributed by atoms with Gasteiger partial charge in [0.1, 0.15) is 0 Å². The van der Waals surface area contributed by atoms with Gasteiger partial charge < -0.3 is 11.1 Å². The van der Waals surface area contributed by atoms with Gasteiger partial charge in [-0.05, 0) is 24.1 Å². The summed E-state index contributed by atoms with van der Waals surface area (Å²) in [4.78, 5) is 11.6. The van der Waals surface area contributed by atoms with E-state index in [9.17, 15) is 4.79 Å². The second kappa shape index (κ2) is 6.66. The topological polar surface area (TPSA) is 78.9 Å². The van der Waals surface area contributed by atoms with Crippen LogP contribution in [-0.4, -0.2) is 11.9 Å². The van der Waals surface area contributed by atoms with Crippen LogP contribution >= 0.6 is 0 Å². The monoisotopic (exact) mass is 231 g/mol. The van der Waals surface area contributed by atoms with Crippen LogP contribution < -0.4 is 11.1 Å². The number of nitrogens with zero attached hydrogens (tertiary/aromatic N) is 1. The van der Waals surface area contributed by atoms with Gasteiger partial charge in [0.25, 0.3) is 0 Å². The van der Waals surface area contributed by atoms with Crippen molar-refractivity contribution >= 4 is 5.91 Å². The van der Waals surface area contributed by atoms with E-state index < -0.39 is 6.04 Å². The predicted octanol–water partition coefficient (Wildman–Crippen LogP) is 1.30. The van der Waals surface area contributed by atoms with Crippen molar-refractivity contribution in [1.82, 2.24) is 5.32 Å². The van der Waals surface area contributed by atoms with Crippen LogP contribution in [0.5, 0.6) is 0 Å². The average Bonchev–Trinajstić information content (AvgIpc) is 2.36. The molecule has 1 rings (SSSR count). The lowest BCUT2D eigenvalue weighted by Crippen LogP contribution is -2.40.